The van der Waals surface area contributed by atoms with Gasteiger partial charge in [0.2, 0.25) is 0 Å². The number of nitro benzene ring substituents is 1. The summed E-state index contributed by atoms with van der Waals surface area (Å²) in [5.74, 6) is 0.110. The van der Waals surface area contributed by atoms with Crippen molar-refractivity contribution in [2.75, 3.05) is 7.11 Å². The molecule has 2 aromatic rings. The summed E-state index contributed by atoms with van der Waals surface area (Å²) in [4.78, 5) is 10.3. The third kappa shape index (κ3) is 3.28. The van der Waals surface area contributed by atoms with Crippen molar-refractivity contribution < 1.29 is 18.8 Å². The van der Waals surface area contributed by atoms with Crippen molar-refractivity contribution in [3.8, 4) is 11.5 Å². The molecule has 0 saturated heterocycles. The minimum atomic E-state index is -0.504. The Hall–Kier alpha value is -2.63. The van der Waals surface area contributed by atoms with Crippen LogP contribution in [-0.4, -0.2) is 12.0 Å². The zero-order valence-corrected chi connectivity index (χ0v) is 11.6. The number of benzene rings is 2. The fourth-order valence-electron chi connectivity index (χ4n) is 1.88. The first-order valence-electron chi connectivity index (χ1n) is 6.22. The molecule has 2 aromatic carbocycles. The molecule has 0 radical (unpaired) electrons. The monoisotopic (exact) mass is 291 g/mol. The molecule has 0 N–H and O–H groups in total. The number of hydrogen-bond acceptors (Lipinski definition) is 4. The minimum Gasteiger partial charge on any atom is -0.496 e. The molecule has 0 fully saturated rings. The smallest absolute Gasteiger partial charge is 0.270 e. The van der Waals surface area contributed by atoms with Crippen molar-refractivity contribution in [2.24, 2.45) is 0 Å². The lowest BCUT2D eigenvalue weighted by atomic mass is 10.2. The normalized spacial score (nSPS) is 10.2. The van der Waals surface area contributed by atoms with Gasteiger partial charge in [-0.05, 0) is 24.6 Å². The number of methoxy groups -OCH3 is 1. The SMILES string of the molecule is COc1ccc([N+](=O)[O-])cc1COc1cccc(C)c1F. The molecule has 0 spiro atoms. The number of hydrogen-bond donors (Lipinski definition) is 0. The maximum atomic E-state index is 13.8. The number of aryl methyl sites for hydroxylation is 1. The molecule has 2 rings (SSSR count). The lowest BCUT2D eigenvalue weighted by Gasteiger charge is -2.11. The molecule has 110 valence electrons. The Morgan fingerprint density at radius 1 is 1.24 bits per heavy atom. The Morgan fingerprint density at radius 2 is 2.00 bits per heavy atom. The van der Waals surface area contributed by atoms with E-state index in [0.717, 1.165) is 0 Å². The molecule has 0 aliphatic rings. The lowest BCUT2D eigenvalue weighted by Crippen LogP contribution is -2.02. The zero-order chi connectivity index (χ0) is 15.4. The van der Waals surface area contributed by atoms with Crippen LogP contribution in [0.5, 0.6) is 11.5 Å². The van der Waals surface area contributed by atoms with Gasteiger partial charge in [0.15, 0.2) is 11.6 Å². The molecule has 0 amide bonds. The van der Waals surface area contributed by atoms with Crippen LogP contribution in [0, 0.1) is 22.9 Å². The van der Waals surface area contributed by atoms with Crippen LogP contribution in [0.1, 0.15) is 11.1 Å². The van der Waals surface area contributed by atoms with Gasteiger partial charge in [-0.3, -0.25) is 10.1 Å². The van der Waals surface area contributed by atoms with Crippen LogP contribution >= 0.6 is 0 Å². The van der Waals surface area contributed by atoms with Crippen molar-refractivity contribution in [1.29, 1.82) is 0 Å². The Labute approximate surface area is 121 Å². The summed E-state index contributed by atoms with van der Waals surface area (Å²) in [7, 11) is 1.46. The average molecular weight is 291 g/mol. The van der Waals surface area contributed by atoms with Crippen LogP contribution in [0.25, 0.3) is 0 Å². The van der Waals surface area contributed by atoms with Gasteiger partial charge in [0, 0.05) is 17.7 Å². The van der Waals surface area contributed by atoms with E-state index in [1.165, 1.54) is 31.4 Å². The van der Waals surface area contributed by atoms with Gasteiger partial charge in [-0.25, -0.2) is 4.39 Å². The van der Waals surface area contributed by atoms with E-state index in [4.69, 9.17) is 9.47 Å². The molecule has 0 aromatic heterocycles. The largest absolute Gasteiger partial charge is 0.496 e. The number of non-ortho nitro benzene ring substituents is 1. The summed E-state index contributed by atoms with van der Waals surface area (Å²) in [6.07, 6.45) is 0. The first kappa shape index (κ1) is 14.8. The maximum absolute atomic E-state index is 13.8. The van der Waals surface area contributed by atoms with E-state index < -0.39 is 10.7 Å². The fourth-order valence-corrected chi connectivity index (χ4v) is 1.88. The molecule has 21 heavy (non-hydrogen) atoms. The van der Waals surface area contributed by atoms with Crippen LogP contribution < -0.4 is 9.47 Å². The fraction of sp³-hybridized carbons (Fsp3) is 0.200. The molecule has 0 bridgehead atoms. The molecule has 0 saturated carbocycles. The van der Waals surface area contributed by atoms with Crippen molar-refractivity contribution in [1.82, 2.24) is 0 Å². The van der Waals surface area contributed by atoms with E-state index in [-0.39, 0.29) is 18.0 Å². The lowest BCUT2D eigenvalue weighted by molar-refractivity contribution is -0.385. The third-order valence-corrected chi connectivity index (χ3v) is 3.01. The van der Waals surface area contributed by atoms with E-state index in [2.05, 4.69) is 0 Å². The number of nitro groups is 1. The predicted molar refractivity (Wildman–Crippen MR) is 75.1 cm³/mol. The van der Waals surface area contributed by atoms with Gasteiger partial charge in [-0.1, -0.05) is 12.1 Å². The summed E-state index contributed by atoms with van der Waals surface area (Å²) < 4.78 is 24.4. The second-order valence-electron chi connectivity index (χ2n) is 4.43. The van der Waals surface area contributed by atoms with E-state index in [1.54, 1.807) is 19.1 Å². The first-order chi connectivity index (χ1) is 10.0. The maximum Gasteiger partial charge on any atom is 0.270 e. The second kappa shape index (κ2) is 6.21. The van der Waals surface area contributed by atoms with Crippen LogP contribution in [0.2, 0.25) is 0 Å². The molecule has 0 heterocycles. The second-order valence-corrected chi connectivity index (χ2v) is 4.43. The van der Waals surface area contributed by atoms with E-state index in [9.17, 15) is 14.5 Å². The summed E-state index contributed by atoms with van der Waals surface area (Å²) >= 11 is 0. The summed E-state index contributed by atoms with van der Waals surface area (Å²) in [6.45, 7) is 1.61. The summed E-state index contributed by atoms with van der Waals surface area (Å²) in [5, 5.41) is 10.8. The van der Waals surface area contributed by atoms with Crippen molar-refractivity contribution >= 4 is 5.69 Å². The quantitative estimate of drug-likeness (QED) is 0.623. The van der Waals surface area contributed by atoms with Crippen molar-refractivity contribution in [3.05, 3.63) is 63.5 Å². The van der Waals surface area contributed by atoms with Crippen LogP contribution in [0.4, 0.5) is 10.1 Å². The van der Waals surface area contributed by atoms with Gasteiger partial charge in [0.1, 0.15) is 12.4 Å². The standard InChI is InChI=1S/C15H14FNO4/c1-10-4-3-5-14(15(10)16)21-9-11-8-12(17(18)19)6-7-13(11)20-2/h3-8H,9H2,1-2H3. The van der Waals surface area contributed by atoms with Gasteiger partial charge >= 0.3 is 0 Å². The minimum absolute atomic E-state index is 0.0226. The van der Waals surface area contributed by atoms with Crippen LogP contribution in [-0.2, 0) is 6.61 Å². The van der Waals surface area contributed by atoms with Gasteiger partial charge in [0.05, 0.1) is 12.0 Å². The Bertz CT molecular complexity index is 673. The van der Waals surface area contributed by atoms with E-state index >= 15 is 0 Å². The molecular formula is C15H14FNO4. The molecule has 0 unspecified atom stereocenters. The zero-order valence-electron chi connectivity index (χ0n) is 11.6. The first-order valence-corrected chi connectivity index (χ1v) is 6.22. The molecule has 0 aliphatic carbocycles. The van der Waals surface area contributed by atoms with Crippen molar-refractivity contribution in [2.45, 2.75) is 13.5 Å². The summed E-state index contributed by atoms with van der Waals surface area (Å²) in [5.41, 5.74) is 0.880. The highest BCUT2D eigenvalue weighted by atomic mass is 19.1. The Balaban J connectivity index is 2.24. The summed E-state index contributed by atoms with van der Waals surface area (Å²) in [6, 6.07) is 9.01. The molecule has 5 nitrogen and oxygen atoms in total. The highest BCUT2D eigenvalue weighted by Gasteiger charge is 2.13. The average Bonchev–Trinajstić information content (AvgIpc) is 2.48. The van der Waals surface area contributed by atoms with Gasteiger partial charge in [-0.15, -0.1) is 0 Å². The topological polar surface area (TPSA) is 61.6 Å². The van der Waals surface area contributed by atoms with E-state index in [0.29, 0.717) is 16.9 Å². The number of halogens is 1. The Kier molecular flexibility index (Phi) is 4.37. The van der Waals surface area contributed by atoms with Gasteiger partial charge < -0.3 is 9.47 Å². The van der Waals surface area contributed by atoms with Gasteiger partial charge in [-0.2, -0.15) is 0 Å². The van der Waals surface area contributed by atoms with Crippen molar-refractivity contribution in [3.63, 3.8) is 0 Å². The number of nitrogens with zero attached hydrogens (tertiary/aromatic N) is 1. The molecule has 0 aliphatic heterocycles. The van der Waals surface area contributed by atoms with E-state index in [1.807, 2.05) is 0 Å². The Morgan fingerprint density at radius 3 is 2.67 bits per heavy atom. The van der Waals surface area contributed by atoms with Crippen LogP contribution in [0.15, 0.2) is 36.4 Å². The van der Waals surface area contributed by atoms with Gasteiger partial charge in [0.25, 0.3) is 5.69 Å². The highest BCUT2D eigenvalue weighted by molar-refractivity contribution is 5.43. The molecule has 0 atom stereocenters. The predicted octanol–water partition coefficient (Wildman–Crippen LogP) is 3.63. The molecule has 6 heteroatoms. The molecular weight excluding hydrogens is 277 g/mol. The highest BCUT2D eigenvalue weighted by Crippen LogP contribution is 2.27. The number of rotatable bonds is 5. The number of ether oxygens (including phenoxy) is 2. The van der Waals surface area contributed by atoms with Crippen LogP contribution in [0.3, 0.4) is 0 Å². The third-order valence-electron chi connectivity index (χ3n) is 3.01.